The first-order chi connectivity index (χ1) is 16.3. The van der Waals surface area contributed by atoms with Gasteiger partial charge in [-0.1, -0.05) is 50.0 Å². The maximum atomic E-state index is 6.46. The third kappa shape index (κ3) is 5.99. The van der Waals surface area contributed by atoms with Gasteiger partial charge in [-0.2, -0.15) is 0 Å². The third-order valence-corrected chi connectivity index (χ3v) is 7.79. The SMILES string of the molecule is CN(C)CCCOC(COCC[Si](C)(C)C)n1ccc2c1-c1ccccc1Oc1ccccc1-2. The van der Waals surface area contributed by atoms with Crippen molar-refractivity contribution in [3.05, 3.63) is 60.8 Å². The average molecular weight is 479 g/mol. The number of ether oxygens (including phenoxy) is 3. The molecule has 2 heterocycles. The summed E-state index contributed by atoms with van der Waals surface area (Å²) in [5.74, 6) is 1.74. The standard InChI is InChI=1S/C28H38N2O3Si/c1-29(2)16-10-18-32-27(21-31-19-20-34(3,4)5)30-17-15-23-22-11-6-8-13-25(22)33-26-14-9-7-12-24(26)28(23)30/h6-9,11-15,17,27H,10,16,18-21H2,1-5H3. The van der Waals surface area contributed by atoms with Gasteiger partial charge in [-0.15, -0.1) is 0 Å². The quantitative estimate of drug-likeness (QED) is 0.176. The lowest BCUT2D eigenvalue weighted by molar-refractivity contribution is -0.0559. The van der Waals surface area contributed by atoms with Gasteiger partial charge in [0.25, 0.3) is 0 Å². The third-order valence-electron chi connectivity index (χ3n) is 6.08. The van der Waals surface area contributed by atoms with Crippen molar-refractivity contribution >= 4 is 8.07 Å². The van der Waals surface area contributed by atoms with Crippen molar-refractivity contribution in [2.75, 3.05) is 40.5 Å². The zero-order chi connectivity index (χ0) is 24.1. The normalized spacial score (nSPS) is 13.6. The zero-order valence-electron chi connectivity index (χ0n) is 21.2. The van der Waals surface area contributed by atoms with Crippen molar-refractivity contribution in [2.24, 2.45) is 0 Å². The predicted molar refractivity (Wildman–Crippen MR) is 143 cm³/mol. The molecule has 0 aliphatic carbocycles. The van der Waals surface area contributed by atoms with E-state index in [0.717, 1.165) is 59.5 Å². The van der Waals surface area contributed by atoms with Gasteiger partial charge in [0.05, 0.1) is 18.9 Å². The van der Waals surface area contributed by atoms with Crippen LogP contribution in [0.15, 0.2) is 60.8 Å². The highest BCUT2D eigenvalue weighted by atomic mass is 28.3. The minimum absolute atomic E-state index is 0.203. The molecule has 0 amide bonds. The second-order valence-electron chi connectivity index (χ2n) is 10.4. The molecule has 0 bridgehead atoms. The fourth-order valence-corrected chi connectivity index (χ4v) is 4.96. The molecule has 0 spiro atoms. The van der Waals surface area contributed by atoms with Gasteiger partial charge in [-0.3, -0.25) is 0 Å². The number of hydrogen-bond acceptors (Lipinski definition) is 4. The topological polar surface area (TPSA) is 35.9 Å². The Balaban J connectivity index is 1.67. The van der Waals surface area contributed by atoms with E-state index in [9.17, 15) is 0 Å². The largest absolute Gasteiger partial charge is 0.456 e. The zero-order valence-corrected chi connectivity index (χ0v) is 22.2. The number of fused-ring (bicyclic) bond motifs is 5. The molecule has 1 unspecified atom stereocenters. The summed E-state index contributed by atoms with van der Waals surface area (Å²) in [4.78, 5) is 2.19. The van der Waals surface area contributed by atoms with Gasteiger partial charge in [0.2, 0.25) is 0 Å². The lowest BCUT2D eigenvalue weighted by atomic mass is 10.0. The van der Waals surface area contributed by atoms with Crippen molar-refractivity contribution in [3.8, 4) is 33.9 Å². The van der Waals surface area contributed by atoms with E-state index < -0.39 is 8.07 Å². The number of hydrogen-bond donors (Lipinski definition) is 0. The molecule has 5 nitrogen and oxygen atoms in total. The minimum Gasteiger partial charge on any atom is -0.456 e. The summed E-state index contributed by atoms with van der Waals surface area (Å²) in [7, 11) is 3.04. The highest BCUT2D eigenvalue weighted by molar-refractivity contribution is 6.76. The van der Waals surface area contributed by atoms with Crippen LogP contribution < -0.4 is 4.74 Å². The van der Waals surface area contributed by atoms with Gasteiger partial charge < -0.3 is 23.7 Å². The van der Waals surface area contributed by atoms with E-state index in [1.807, 2.05) is 24.3 Å². The van der Waals surface area contributed by atoms with Gasteiger partial charge in [0, 0.05) is 37.6 Å². The Morgan fingerprint density at radius 3 is 2.26 bits per heavy atom. The maximum Gasteiger partial charge on any atom is 0.157 e. The molecule has 4 rings (SSSR count). The number of nitrogens with zero attached hydrogens (tertiary/aromatic N) is 2. The smallest absolute Gasteiger partial charge is 0.157 e. The van der Waals surface area contributed by atoms with E-state index in [2.05, 4.69) is 79.7 Å². The summed E-state index contributed by atoms with van der Waals surface area (Å²) in [6.45, 7) is 10.1. The first-order valence-corrected chi connectivity index (χ1v) is 16.0. The van der Waals surface area contributed by atoms with E-state index in [-0.39, 0.29) is 6.23 Å². The van der Waals surface area contributed by atoms with Crippen LogP contribution in [0.5, 0.6) is 11.5 Å². The molecule has 0 N–H and O–H groups in total. The number of benzene rings is 2. The van der Waals surface area contributed by atoms with E-state index >= 15 is 0 Å². The van der Waals surface area contributed by atoms with Crippen LogP contribution in [0.4, 0.5) is 0 Å². The van der Waals surface area contributed by atoms with Gasteiger partial charge in [0.1, 0.15) is 11.5 Å². The van der Waals surface area contributed by atoms with Gasteiger partial charge in [-0.25, -0.2) is 0 Å². The predicted octanol–water partition coefficient (Wildman–Crippen LogP) is 6.75. The highest BCUT2D eigenvalue weighted by Gasteiger charge is 2.26. The Hall–Kier alpha value is -2.38. The number of para-hydroxylation sites is 2. The molecule has 0 radical (unpaired) electrons. The minimum atomic E-state index is -1.15. The molecular formula is C28H38N2O3Si. The first-order valence-electron chi connectivity index (χ1n) is 12.2. The van der Waals surface area contributed by atoms with Gasteiger partial charge in [0.15, 0.2) is 6.23 Å². The molecule has 0 saturated carbocycles. The van der Waals surface area contributed by atoms with Gasteiger partial charge in [-0.05, 0) is 57.4 Å². The van der Waals surface area contributed by atoms with E-state index in [4.69, 9.17) is 14.2 Å². The van der Waals surface area contributed by atoms with Crippen molar-refractivity contribution in [1.29, 1.82) is 0 Å². The Kier molecular flexibility index (Phi) is 7.94. The Bertz CT molecular complexity index is 1090. The Morgan fingerprint density at radius 2 is 1.56 bits per heavy atom. The van der Waals surface area contributed by atoms with Crippen molar-refractivity contribution in [1.82, 2.24) is 9.47 Å². The summed E-state index contributed by atoms with van der Waals surface area (Å²) in [6, 6.07) is 19.8. The Labute approximate surface area is 205 Å². The van der Waals surface area contributed by atoms with Crippen LogP contribution >= 0.6 is 0 Å². The van der Waals surface area contributed by atoms with Crippen LogP contribution in [0, 0.1) is 0 Å². The lowest BCUT2D eigenvalue weighted by Crippen LogP contribution is -2.25. The van der Waals surface area contributed by atoms with E-state index in [1.165, 1.54) is 0 Å². The molecule has 1 aromatic heterocycles. The van der Waals surface area contributed by atoms with Crippen LogP contribution in [0.3, 0.4) is 0 Å². The van der Waals surface area contributed by atoms with Crippen LogP contribution in [-0.4, -0.2) is 58.0 Å². The molecule has 182 valence electrons. The van der Waals surface area contributed by atoms with E-state index in [0.29, 0.717) is 13.2 Å². The molecule has 1 aliphatic rings. The molecule has 1 aliphatic heterocycles. The summed E-state index contributed by atoms with van der Waals surface area (Å²) in [6.07, 6.45) is 2.91. The first kappa shape index (κ1) is 24.7. The fraction of sp³-hybridized carbons (Fsp3) is 0.429. The second kappa shape index (κ2) is 10.9. The highest BCUT2D eigenvalue weighted by Crippen LogP contribution is 2.47. The average Bonchev–Trinajstić information content (AvgIpc) is 3.16. The van der Waals surface area contributed by atoms with Crippen LogP contribution in [0.1, 0.15) is 12.6 Å². The van der Waals surface area contributed by atoms with Crippen molar-refractivity contribution in [2.45, 2.75) is 38.3 Å². The molecule has 2 aromatic carbocycles. The van der Waals surface area contributed by atoms with Crippen LogP contribution in [0.25, 0.3) is 22.4 Å². The molecular weight excluding hydrogens is 440 g/mol. The Morgan fingerprint density at radius 1 is 0.882 bits per heavy atom. The number of rotatable bonds is 11. The molecule has 3 aromatic rings. The lowest BCUT2D eigenvalue weighted by Gasteiger charge is -2.24. The second-order valence-corrected chi connectivity index (χ2v) is 16.1. The summed E-state index contributed by atoms with van der Waals surface area (Å²) in [5.41, 5.74) is 4.44. The molecule has 0 fully saturated rings. The molecule has 0 saturated heterocycles. The van der Waals surface area contributed by atoms with Gasteiger partial charge >= 0.3 is 0 Å². The molecule has 34 heavy (non-hydrogen) atoms. The summed E-state index contributed by atoms with van der Waals surface area (Å²) in [5, 5.41) is 0. The summed E-state index contributed by atoms with van der Waals surface area (Å²) < 4.78 is 21.3. The van der Waals surface area contributed by atoms with Crippen molar-refractivity contribution < 1.29 is 14.2 Å². The fourth-order valence-electron chi connectivity index (χ4n) is 4.21. The van der Waals surface area contributed by atoms with Crippen LogP contribution in [-0.2, 0) is 9.47 Å². The van der Waals surface area contributed by atoms with Crippen molar-refractivity contribution in [3.63, 3.8) is 0 Å². The molecule has 6 heteroatoms. The maximum absolute atomic E-state index is 6.46. The molecule has 1 atom stereocenters. The number of aromatic nitrogens is 1. The summed E-state index contributed by atoms with van der Waals surface area (Å²) >= 11 is 0. The van der Waals surface area contributed by atoms with E-state index in [1.54, 1.807) is 0 Å². The van der Waals surface area contributed by atoms with Crippen LogP contribution in [0.2, 0.25) is 25.7 Å². The monoisotopic (exact) mass is 478 g/mol.